The minimum atomic E-state index is -2.59. The van der Waals surface area contributed by atoms with Crippen molar-refractivity contribution < 1.29 is 8.78 Å². The number of alkyl halides is 2. The summed E-state index contributed by atoms with van der Waals surface area (Å²) in [5.74, 6) is -0.122. The maximum atomic E-state index is 12.3. The van der Waals surface area contributed by atoms with Crippen molar-refractivity contribution in [2.24, 2.45) is 0 Å². The van der Waals surface area contributed by atoms with Crippen LogP contribution < -0.4 is 5.73 Å². The Hall–Kier alpha value is 0.0200. The van der Waals surface area contributed by atoms with Crippen molar-refractivity contribution in [2.75, 3.05) is 5.73 Å². The molecule has 1 heterocycles. The first kappa shape index (κ1) is 10.1. The molecule has 2 N–H and O–H groups in total. The van der Waals surface area contributed by atoms with Crippen LogP contribution in [0.1, 0.15) is 12.0 Å². The number of nitrogen functional groups attached to an aromatic ring is 1. The van der Waals surface area contributed by atoms with E-state index in [-0.39, 0.29) is 11.4 Å². The van der Waals surface area contributed by atoms with Gasteiger partial charge in [-0.05, 0) is 28.7 Å². The number of halogens is 4. The molecule has 0 radical (unpaired) electrons. The third-order valence-corrected chi connectivity index (χ3v) is 2.43. The van der Waals surface area contributed by atoms with E-state index in [1.165, 1.54) is 6.07 Å². The van der Waals surface area contributed by atoms with Crippen LogP contribution in [0.25, 0.3) is 0 Å². The summed E-state index contributed by atoms with van der Waals surface area (Å²) in [5, 5.41) is 0. The van der Waals surface area contributed by atoms with Gasteiger partial charge in [0.1, 0.15) is 9.52 Å². The van der Waals surface area contributed by atoms with Crippen LogP contribution in [0.2, 0.25) is 0 Å². The number of nitrogens with zero attached hydrogens (tertiary/aromatic N) is 1. The Kier molecular flexibility index (Phi) is 3.22. The highest BCUT2D eigenvalue weighted by atomic mass is 127. The lowest BCUT2D eigenvalue weighted by atomic mass is 10.3. The number of rotatable bonds is 1. The van der Waals surface area contributed by atoms with Gasteiger partial charge in [0.15, 0.2) is 0 Å². The quantitative estimate of drug-likeness (QED) is 0.626. The third-order valence-electron chi connectivity index (χ3n) is 1.22. The van der Waals surface area contributed by atoms with Crippen molar-refractivity contribution in [3.8, 4) is 0 Å². The maximum Gasteiger partial charge on any atom is 0.268 e. The van der Waals surface area contributed by atoms with Gasteiger partial charge >= 0.3 is 0 Å². The molecule has 2 nitrogen and oxygen atoms in total. The van der Waals surface area contributed by atoms with E-state index in [2.05, 4.69) is 20.9 Å². The fourth-order valence-electron chi connectivity index (χ4n) is 0.728. The number of hydrogen-bond acceptors (Lipinski definition) is 2. The Labute approximate surface area is 89.8 Å². The van der Waals surface area contributed by atoms with Crippen molar-refractivity contribution in [1.29, 1.82) is 0 Å². The zero-order valence-electron chi connectivity index (χ0n) is 5.69. The number of anilines is 1. The largest absolute Gasteiger partial charge is 0.383 e. The Morgan fingerprint density at radius 2 is 2.17 bits per heavy atom. The topological polar surface area (TPSA) is 38.9 Å². The van der Waals surface area contributed by atoms with Gasteiger partial charge in [-0.1, -0.05) is 15.9 Å². The lowest BCUT2D eigenvalue weighted by Crippen LogP contribution is -2.00. The van der Waals surface area contributed by atoms with E-state index in [1.807, 2.05) is 22.6 Å². The molecule has 1 aromatic rings. The summed E-state index contributed by atoms with van der Waals surface area (Å²) < 4.78 is 25.4. The molecule has 0 aromatic carbocycles. The molecule has 66 valence electrons. The minimum Gasteiger partial charge on any atom is -0.383 e. The van der Waals surface area contributed by atoms with Crippen LogP contribution in [0, 0.1) is 3.70 Å². The number of pyridine rings is 1. The molecule has 0 spiro atoms. The minimum absolute atomic E-state index is 0.122. The standard InChI is InChI=1S/C6H4BrF2IN2/c7-2-1-3(10)12-6(11)4(2)5(8)9/h1,5H,(H2,11,12). The monoisotopic (exact) mass is 348 g/mol. The van der Waals surface area contributed by atoms with Crippen molar-refractivity contribution >= 4 is 44.3 Å². The maximum absolute atomic E-state index is 12.3. The summed E-state index contributed by atoms with van der Waals surface area (Å²) in [6.45, 7) is 0. The van der Waals surface area contributed by atoms with Crippen LogP contribution in [0.4, 0.5) is 14.6 Å². The van der Waals surface area contributed by atoms with E-state index in [4.69, 9.17) is 5.73 Å². The molecule has 1 aromatic heterocycles. The predicted octanol–water partition coefficient (Wildman–Crippen LogP) is 2.97. The highest BCUT2D eigenvalue weighted by Crippen LogP contribution is 2.31. The van der Waals surface area contributed by atoms with Gasteiger partial charge in [0.25, 0.3) is 6.43 Å². The Balaban J connectivity index is 3.28. The van der Waals surface area contributed by atoms with Gasteiger partial charge in [0.2, 0.25) is 0 Å². The molecular formula is C6H4BrF2IN2. The Bertz CT molecular complexity index is 283. The van der Waals surface area contributed by atoms with E-state index in [9.17, 15) is 8.78 Å². The molecule has 0 saturated heterocycles. The second-order valence-corrected chi connectivity index (χ2v) is 3.99. The smallest absolute Gasteiger partial charge is 0.268 e. The molecular weight excluding hydrogens is 345 g/mol. The van der Waals surface area contributed by atoms with Crippen molar-refractivity contribution in [2.45, 2.75) is 6.43 Å². The summed E-state index contributed by atoms with van der Waals surface area (Å²) in [5.41, 5.74) is 5.06. The number of nitrogens with two attached hydrogens (primary N) is 1. The third kappa shape index (κ3) is 2.03. The van der Waals surface area contributed by atoms with E-state index >= 15 is 0 Å². The second kappa shape index (κ2) is 3.82. The lowest BCUT2D eigenvalue weighted by molar-refractivity contribution is 0.151. The summed E-state index contributed by atoms with van der Waals surface area (Å²) in [6, 6.07) is 1.50. The van der Waals surface area contributed by atoms with E-state index in [0.717, 1.165) is 0 Å². The van der Waals surface area contributed by atoms with Gasteiger partial charge in [-0.3, -0.25) is 0 Å². The summed E-state index contributed by atoms with van der Waals surface area (Å²) in [7, 11) is 0. The highest BCUT2D eigenvalue weighted by molar-refractivity contribution is 14.1. The SMILES string of the molecule is Nc1nc(I)cc(Br)c1C(F)F. The summed E-state index contributed by atoms with van der Waals surface area (Å²) >= 11 is 4.90. The van der Waals surface area contributed by atoms with Gasteiger partial charge in [0.05, 0.1) is 5.56 Å². The van der Waals surface area contributed by atoms with E-state index < -0.39 is 6.43 Å². The molecule has 0 fully saturated rings. The zero-order valence-corrected chi connectivity index (χ0v) is 9.43. The molecule has 0 aliphatic carbocycles. The molecule has 0 aliphatic rings. The van der Waals surface area contributed by atoms with Crippen LogP contribution >= 0.6 is 38.5 Å². The summed E-state index contributed by atoms with van der Waals surface area (Å²) in [6.07, 6.45) is -2.59. The average Bonchev–Trinajstić information content (AvgIpc) is 1.82. The molecule has 0 unspecified atom stereocenters. The molecule has 0 atom stereocenters. The molecule has 12 heavy (non-hydrogen) atoms. The molecule has 1 rings (SSSR count). The highest BCUT2D eigenvalue weighted by Gasteiger charge is 2.16. The first-order chi connectivity index (χ1) is 5.52. The molecule has 0 saturated carbocycles. The van der Waals surface area contributed by atoms with Crippen molar-refractivity contribution in [1.82, 2.24) is 4.98 Å². The van der Waals surface area contributed by atoms with Gasteiger partial charge < -0.3 is 5.73 Å². The van der Waals surface area contributed by atoms with Gasteiger partial charge in [0, 0.05) is 4.47 Å². The van der Waals surface area contributed by atoms with Gasteiger partial charge in [-0.2, -0.15) is 0 Å². The fourth-order valence-corrected chi connectivity index (χ4v) is 2.32. The number of aromatic nitrogens is 1. The normalized spacial score (nSPS) is 10.8. The van der Waals surface area contributed by atoms with E-state index in [0.29, 0.717) is 8.17 Å². The number of hydrogen-bond donors (Lipinski definition) is 1. The Morgan fingerprint density at radius 1 is 1.58 bits per heavy atom. The van der Waals surface area contributed by atoms with Crippen LogP contribution in [-0.4, -0.2) is 4.98 Å². The van der Waals surface area contributed by atoms with E-state index in [1.54, 1.807) is 0 Å². The van der Waals surface area contributed by atoms with Crippen LogP contribution in [0.5, 0.6) is 0 Å². The van der Waals surface area contributed by atoms with Crippen LogP contribution in [0.3, 0.4) is 0 Å². The van der Waals surface area contributed by atoms with Crippen LogP contribution in [0.15, 0.2) is 10.5 Å². The fraction of sp³-hybridized carbons (Fsp3) is 0.167. The molecule has 0 amide bonds. The summed E-state index contributed by atoms with van der Waals surface area (Å²) in [4.78, 5) is 3.71. The second-order valence-electron chi connectivity index (χ2n) is 2.03. The Morgan fingerprint density at radius 3 is 2.58 bits per heavy atom. The first-order valence-corrected chi connectivity index (χ1v) is 4.79. The van der Waals surface area contributed by atoms with Crippen molar-refractivity contribution in [3.63, 3.8) is 0 Å². The lowest BCUT2D eigenvalue weighted by Gasteiger charge is -2.06. The predicted molar refractivity (Wildman–Crippen MR) is 54.0 cm³/mol. The zero-order chi connectivity index (χ0) is 9.30. The van der Waals surface area contributed by atoms with Gasteiger partial charge in [-0.15, -0.1) is 0 Å². The first-order valence-electron chi connectivity index (χ1n) is 2.92. The molecule has 6 heteroatoms. The van der Waals surface area contributed by atoms with Gasteiger partial charge in [-0.25, -0.2) is 13.8 Å². The van der Waals surface area contributed by atoms with Crippen molar-refractivity contribution in [3.05, 3.63) is 19.8 Å². The average molecular weight is 349 g/mol. The molecule has 0 bridgehead atoms. The van der Waals surface area contributed by atoms with Crippen LogP contribution in [-0.2, 0) is 0 Å². The molecule has 0 aliphatic heterocycles.